The molecule has 10 heteroatoms. The van der Waals surface area contributed by atoms with Gasteiger partial charge in [-0.3, -0.25) is 0 Å². The molecule has 1 unspecified atom stereocenters. The molecule has 1 aromatic carbocycles. The van der Waals surface area contributed by atoms with Gasteiger partial charge in [-0.15, -0.1) is 5.10 Å². The Labute approximate surface area is 154 Å². The Kier molecular flexibility index (Phi) is 4.03. The first-order valence-corrected chi connectivity index (χ1v) is 8.64. The van der Waals surface area contributed by atoms with Crippen molar-refractivity contribution >= 4 is 27.5 Å². The molecule has 1 fully saturated rings. The lowest BCUT2D eigenvalue weighted by Gasteiger charge is -2.07. The van der Waals surface area contributed by atoms with E-state index in [0.717, 1.165) is 14.6 Å². The van der Waals surface area contributed by atoms with Crippen LogP contribution in [0.5, 0.6) is 0 Å². The molecule has 0 aliphatic carbocycles. The third-order valence-electron chi connectivity index (χ3n) is 4.18. The molecule has 136 valence electrons. The van der Waals surface area contributed by atoms with Crippen LogP contribution in [0, 0.1) is 0 Å². The van der Waals surface area contributed by atoms with Crippen molar-refractivity contribution < 1.29 is 13.5 Å². The van der Waals surface area contributed by atoms with E-state index in [-0.39, 0.29) is 18.1 Å². The molecule has 1 saturated heterocycles. The molecule has 0 saturated carbocycles. The smallest absolute Gasteiger partial charge is 0.353 e. The minimum atomic E-state index is -2.88. The summed E-state index contributed by atoms with van der Waals surface area (Å²) in [5.74, 6) is -2.91. The van der Waals surface area contributed by atoms with Gasteiger partial charge in [0.05, 0.1) is 22.8 Å². The number of nitrogens with zero attached hydrogens (tertiary/aromatic N) is 4. The van der Waals surface area contributed by atoms with E-state index in [1.54, 1.807) is 0 Å². The summed E-state index contributed by atoms with van der Waals surface area (Å²) >= 11 is 3.43. The SMILES string of the molecule is Nc1nc(-c2ccccc2)c(Br)c2nn(CC3CC(F)(F)CO3)c(=O)n12. The van der Waals surface area contributed by atoms with Crippen molar-refractivity contribution in [3.05, 3.63) is 45.3 Å². The summed E-state index contributed by atoms with van der Waals surface area (Å²) < 4.78 is 34.4. The van der Waals surface area contributed by atoms with Crippen LogP contribution >= 0.6 is 15.9 Å². The number of ether oxygens (including phenoxy) is 1. The number of nitrogens with two attached hydrogens (primary N) is 1. The van der Waals surface area contributed by atoms with Crippen LogP contribution in [0.3, 0.4) is 0 Å². The van der Waals surface area contributed by atoms with E-state index in [1.807, 2.05) is 30.3 Å². The summed E-state index contributed by atoms with van der Waals surface area (Å²) in [6, 6.07) is 9.29. The summed E-state index contributed by atoms with van der Waals surface area (Å²) in [7, 11) is 0. The third kappa shape index (κ3) is 2.88. The van der Waals surface area contributed by atoms with Gasteiger partial charge in [-0.2, -0.15) is 0 Å². The van der Waals surface area contributed by atoms with Crippen LogP contribution in [-0.4, -0.2) is 37.8 Å². The van der Waals surface area contributed by atoms with Crippen LogP contribution in [0.15, 0.2) is 39.6 Å². The molecule has 0 bridgehead atoms. The van der Waals surface area contributed by atoms with Crippen LogP contribution in [0.2, 0.25) is 0 Å². The molecule has 26 heavy (non-hydrogen) atoms. The predicted octanol–water partition coefficient (Wildman–Crippen LogP) is 2.33. The molecule has 3 aromatic rings. The Morgan fingerprint density at radius 2 is 2.08 bits per heavy atom. The van der Waals surface area contributed by atoms with Crippen molar-refractivity contribution in [3.63, 3.8) is 0 Å². The highest BCUT2D eigenvalue weighted by molar-refractivity contribution is 9.10. The average molecular weight is 426 g/mol. The minimum absolute atomic E-state index is 0.0315. The number of alkyl halides is 2. The summed E-state index contributed by atoms with van der Waals surface area (Å²) in [5.41, 5.74) is 7.01. The fourth-order valence-electron chi connectivity index (χ4n) is 2.98. The van der Waals surface area contributed by atoms with E-state index < -0.39 is 30.7 Å². The zero-order valence-corrected chi connectivity index (χ0v) is 15.0. The maximum atomic E-state index is 13.3. The Bertz CT molecular complexity index is 1030. The van der Waals surface area contributed by atoms with Crippen LogP contribution < -0.4 is 11.4 Å². The molecule has 3 heterocycles. The van der Waals surface area contributed by atoms with Gasteiger partial charge in [0.25, 0.3) is 5.92 Å². The second-order valence-electron chi connectivity index (χ2n) is 6.12. The Morgan fingerprint density at radius 1 is 1.35 bits per heavy atom. The number of hydrogen-bond donors (Lipinski definition) is 1. The third-order valence-corrected chi connectivity index (χ3v) is 4.91. The normalized spacial score (nSPS) is 19.3. The Balaban J connectivity index is 1.78. The summed E-state index contributed by atoms with van der Waals surface area (Å²) in [6.07, 6.45) is -1.23. The topological polar surface area (TPSA) is 87.4 Å². The first kappa shape index (κ1) is 17.1. The molecule has 2 aromatic heterocycles. The van der Waals surface area contributed by atoms with Crippen LogP contribution in [0.4, 0.5) is 14.7 Å². The van der Waals surface area contributed by atoms with Crippen molar-refractivity contribution in [3.8, 4) is 11.3 Å². The molecular weight excluding hydrogens is 412 g/mol. The first-order chi connectivity index (χ1) is 12.4. The van der Waals surface area contributed by atoms with Gasteiger partial charge in [-0.05, 0) is 15.9 Å². The average Bonchev–Trinajstić information content (AvgIpc) is 3.12. The number of anilines is 1. The predicted molar refractivity (Wildman–Crippen MR) is 94.1 cm³/mol. The van der Waals surface area contributed by atoms with E-state index >= 15 is 0 Å². The van der Waals surface area contributed by atoms with Gasteiger partial charge in [0.15, 0.2) is 5.65 Å². The highest BCUT2D eigenvalue weighted by Gasteiger charge is 2.41. The van der Waals surface area contributed by atoms with Crippen molar-refractivity contribution in [2.24, 2.45) is 0 Å². The van der Waals surface area contributed by atoms with Gasteiger partial charge < -0.3 is 10.5 Å². The van der Waals surface area contributed by atoms with Gasteiger partial charge in [-0.1, -0.05) is 30.3 Å². The first-order valence-electron chi connectivity index (χ1n) is 7.85. The lowest BCUT2D eigenvalue weighted by atomic mass is 10.1. The van der Waals surface area contributed by atoms with Gasteiger partial charge in [0.2, 0.25) is 5.95 Å². The van der Waals surface area contributed by atoms with E-state index in [1.165, 1.54) is 0 Å². The van der Waals surface area contributed by atoms with Crippen molar-refractivity contribution in [1.29, 1.82) is 0 Å². The highest BCUT2D eigenvalue weighted by Crippen LogP contribution is 2.31. The maximum Gasteiger partial charge on any atom is 0.353 e. The lowest BCUT2D eigenvalue weighted by Crippen LogP contribution is -2.28. The summed E-state index contributed by atoms with van der Waals surface area (Å²) in [6.45, 7) is -0.728. The van der Waals surface area contributed by atoms with E-state index in [2.05, 4.69) is 26.0 Å². The van der Waals surface area contributed by atoms with E-state index in [4.69, 9.17) is 10.5 Å². The second kappa shape index (κ2) is 6.13. The van der Waals surface area contributed by atoms with Gasteiger partial charge in [0, 0.05) is 12.0 Å². The van der Waals surface area contributed by atoms with Gasteiger partial charge in [0.1, 0.15) is 6.61 Å². The van der Waals surface area contributed by atoms with E-state index in [9.17, 15) is 13.6 Å². The van der Waals surface area contributed by atoms with Crippen molar-refractivity contribution in [2.75, 3.05) is 12.3 Å². The number of hydrogen-bond acceptors (Lipinski definition) is 5. The number of benzene rings is 1. The number of rotatable bonds is 3. The largest absolute Gasteiger partial charge is 0.370 e. The standard InChI is InChI=1S/C16H14BrF2N5O2/c17-11-12(9-4-2-1-3-5-9)21-14(20)24-13(11)22-23(15(24)25)7-10-6-16(18,19)8-26-10/h1-5,10H,6-8H2,(H2,20,21). The summed E-state index contributed by atoms with van der Waals surface area (Å²) in [4.78, 5) is 16.9. The number of fused-ring (bicyclic) bond motifs is 1. The van der Waals surface area contributed by atoms with E-state index in [0.29, 0.717) is 10.2 Å². The molecule has 1 aliphatic rings. The lowest BCUT2D eigenvalue weighted by molar-refractivity contribution is -0.0107. The maximum absolute atomic E-state index is 13.3. The monoisotopic (exact) mass is 425 g/mol. The quantitative estimate of drug-likeness (QED) is 0.695. The fourth-order valence-corrected chi connectivity index (χ4v) is 3.56. The zero-order chi connectivity index (χ0) is 18.5. The zero-order valence-electron chi connectivity index (χ0n) is 13.4. The Morgan fingerprint density at radius 3 is 2.73 bits per heavy atom. The molecule has 1 aliphatic heterocycles. The molecule has 0 amide bonds. The molecule has 0 radical (unpaired) electrons. The number of halogens is 3. The second-order valence-corrected chi connectivity index (χ2v) is 6.91. The summed E-state index contributed by atoms with van der Waals surface area (Å²) in [5, 5.41) is 4.25. The molecule has 2 N–H and O–H groups in total. The minimum Gasteiger partial charge on any atom is -0.370 e. The van der Waals surface area contributed by atoms with Crippen molar-refractivity contribution in [2.45, 2.75) is 25.0 Å². The molecule has 1 atom stereocenters. The van der Waals surface area contributed by atoms with Gasteiger partial charge >= 0.3 is 5.69 Å². The van der Waals surface area contributed by atoms with Crippen LogP contribution in [0.25, 0.3) is 16.9 Å². The van der Waals surface area contributed by atoms with Crippen LogP contribution in [-0.2, 0) is 11.3 Å². The Hall–Kier alpha value is -2.33. The molecule has 7 nitrogen and oxygen atoms in total. The number of nitrogen functional groups attached to an aromatic ring is 1. The highest BCUT2D eigenvalue weighted by atomic mass is 79.9. The number of aromatic nitrogens is 4. The van der Waals surface area contributed by atoms with Crippen LogP contribution in [0.1, 0.15) is 6.42 Å². The molecule has 4 rings (SSSR count). The fraction of sp³-hybridized carbons (Fsp3) is 0.312. The molecule has 0 spiro atoms. The van der Waals surface area contributed by atoms with Crippen molar-refractivity contribution in [1.82, 2.24) is 19.2 Å². The van der Waals surface area contributed by atoms with Gasteiger partial charge in [-0.25, -0.2) is 27.6 Å². The molecular formula is C16H14BrF2N5O2.